The van der Waals surface area contributed by atoms with Crippen LogP contribution < -0.4 is 10.2 Å². The second-order valence-corrected chi connectivity index (χ2v) is 9.52. The minimum atomic E-state index is 0.730. The van der Waals surface area contributed by atoms with Crippen LogP contribution in [0.15, 0.2) is 29.3 Å². The Hall–Kier alpha value is -1.79. The maximum Gasteiger partial charge on any atom is 0.194 e. The van der Waals surface area contributed by atoms with Crippen LogP contribution in [0.3, 0.4) is 0 Å². The molecule has 3 fully saturated rings. The number of guanidine groups is 1. The molecule has 3 aliphatic rings. The normalized spacial score (nSPS) is 24.1. The number of hydrogen-bond donors (Lipinski definition) is 1. The number of rotatable bonds is 6. The first kappa shape index (κ1) is 22.4. The third-order valence-electron chi connectivity index (χ3n) is 7.04. The van der Waals surface area contributed by atoms with Gasteiger partial charge in [-0.15, -0.1) is 0 Å². The van der Waals surface area contributed by atoms with E-state index in [-0.39, 0.29) is 0 Å². The second-order valence-electron chi connectivity index (χ2n) is 9.52. The van der Waals surface area contributed by atoms with E-state index >= 15 is 0 Å². The van der Waals surface area contributed by atoms with Gasteiger partial charge in [0, 0.05) is 58.0 Å². The van der Waals surface area contributed by atoms with E-state index in [0.29, 0.717) is 0 Å². The summed E-state index contributed by atoms with van der Waals surface area (Å²) in [4.78, 5) is 12.5. The maximum atomic E-state index is 5.49. The van der Waals surface area contributed by atoms with Crippen LogP contribution in [-0.2, 0) is 11.3 Å². The number of morpholine rings is 1. The van der Waals surface area contributed by atoms with Crippen LogP contribution >= 0.6 is 0 Å². The fourth-order valence-electron chi connectivity index (χ4n) is 4.99. The molecule has 0 radical (unpaired) electrons. The van der Waals surface area contributed by atoms with Crippen LogP contribution in [0.4, 0.5) is 5.69 Å². The molecule has 1 N–H and O–H groups in total. The predicted molar refractivity (Wildman–Crippen MR) is 129 cm³/mol. The Balaban J connectivity index is 1.30. The van der Waals surface area contributed by atoms with Gasteiger partial charge < -0.3 is 19.9 Å². The van der Waals surface area contributed by atoms with Gasteiger partial charge in [0.1, 0.15) is 0 Å². The second kappa shape index (κ2) is 11.2. The lowest BCUT2D eigenvalue weighted by Crippen LogP contribution is -2.42. The highest BCUT2D eigenvalue weighted by Gasteiger charge is 2.27. The summed E-state index contributed by atoms with van der Waals surface area (Å²) in [5, 5.41) is 3.52. The number of ether oxygens (including phenoxy) is 1. The molecule has 0 spiro atoms. The molecule has 3 heterocycles. The molecule has 3 saturated heterocycles. The van der Waals surface area contributed by atoms with E-state index in [0.717, 1.165) is 70.3 Å². The number of piperidine rings is 1. The van der Waals surface area contributed by atoms with Crippen LogP contribution in [0.2, 0.25) is 0 Å². The lowest BCUT2D eigenvalue weighted by molar-refractivity contribution is 0.0315. The molecule has 3 aliphatic heterocycles. The zero-order valence-electron chi connectivity index (χ0n) is 19.6. The SMILES string of the molecule is CCNC(=NCc1ccc(N2CCC(C)CC2)cc1)N1CCC(CN2CCOCC2)C1. The minimum absolute atomic E-state index is 0.730. The Kier molecular flexibility index (Phi) is 8.09. The lowest BCUT2D eigenvalue weighted by atomic mass is 9.99. The van der Waals surface area contributed by atoms with Gasteiger partial charge in [0.05, 0.1) is 19.8 Å². The van der Waals surface area contributed by atoms with Gasteiger partial charge in [-0.3, -0.25) is 4.90 Å². The van der Waals surface area contributed by atoms with Crippen LogP contribution in [-0.4, -0.2) is 81.3 Å². The van der Waals surface area contributed by atoms with Crippen molar-refractivity contribution < 1.29 is 4.74 Å². The standard InChI is InChI=1S/C25H41N5O/c1-3-26-25(30-13-10-23(20-30)19-28-14-16-31-17-15-28)27-18-22-4-6-24(7-5-22)29-11-8-21(2)9-12-29/h4-7,21,23H,3,8-20H2,1-2H3,(H,26,27). The van der Waals surface area contributed by atoms with E-state index in [1.165, 1.54) is 50.1 Å². The highest BCUT2D eigenvalue weighted by atomic mass is 16.5. The predicted octanol–water partition coefficient (Wildman–Crippen LogP) is 3.04. The van der Waals surface area contributed by atoms with Crippen molar-refractivity contribution in [2.24, 2.45) is 16.8 Å². The van der Waals surface area contributed by atoms with Crippen molar-refractivity contribution in [2.75, 3.05) is 70.5 Å². The number of anilines is 1. The first-order valence-corrected chi connectivity index (χ1v) is 12.4. The molecule has 6 nitrogen and oxygen atoms in total. The van der Waals surface area contributed by atoms with Crippen molar-refractivity contribution in [1.29, 1.82) is 0 Å². The summed E-state index contributed by atoms with van der Waals surface area (Å²) in [5.41, 5.74) is 2.64. The molecule has 1 aromatic rings. The van der Waals surface area contributed by atoms with Gasteiger partial charge in [0.2, 0.25) is 0 Å². The summed E-state index contributed by atoms with van der Waals surface area (Å²) in [6, 6.07) is 9.07. The molecule has 0 bridgehead atoms. The highest BCUT2D eigenvalue weighted by molar-refractivity contribution is 5.80. The third kappa shape index (κ3) is 6.36. The van der Waals surface area contributed by atoms with Crippen molar-refractivity contribution in [3.05, 3.63) is 29.8 Å². The Morgan fingerprint density at radius 3 is 2.48 bits per heavy atom. The Labute approximate surface area is 188 Å². The van der Waals surface area contributed by atoms with E-state index in [9.17, 15) is 0 Å². The smallest absolute Gasteiger partial charge is 0.194 e. The fourth-order valence-corrected chi connectivity index (χ4v) is 4.99. The molecule has 1 atom stereocenters. The van der Waals surface area contributed by atoms with Crippen molar-refractivity contribution in [3.63, 3.8) is 0 Å². The molecule has 4 rings (SSSR count). The number of hydrogen-bond acceptors (Lipinski definition) is 4. The lowest BCUT2D eigenvalue weighted by Gasteiger charge is -2.32. The molecular weight excluding hydrogens is 386 g/mol. The summed E-state index contributed by atoms with van der Waals surface area (Å²) in [6.45, 7) is 15.9. The average Bonchev–Trinajstić information content (AvgIpc) is 3.26. The number of nitrogens with zero attached hydrogens (tertiary/aromatic N) is 4. The fraction of sp³-hybridized carbons (Fsp3) is 0.720. The van der Waals surface area contributed by atoms with Crippen LogP contribution in [0.1, 0.15) is 38.7 Å². The summed E-state index contributed by atoms with van der Waals surface area (Å²) < 4.78 is 5.49. The van der Waals surface area contributed by atoms with Crippen molar-refractivity contribution >= 4 is 11.6 Å². The zero-order valence-corrected chi connectivity index (χ0v) is 19.6. The van der Waals surface area contributed by atoms with Crippen molar-refractivity contribution in [2.45, 2.75) is 39.7 Å². The number of benzene rings is 1. The highest BCUT2D eigenvalue weighted by Crippen LogP contribution is 2.23. The number of nitrogens with one attached hydrogen (secondary N) is 1. The zero-order chi connectivity index (χ0) is 21.5. The van der Waals surface area contributed by atoms with Gasteiger partial charge in [-0.1, -0.05) is 19.1 Å². The first-order valence-electron chi connectivity index (χ1n) is 12.4. The van der Waals surface area contributed by atoms with Gasteiger partial charge in [0.25, 0.3) is 0 Å². The summed E-state index contributed by atoms with van der Waals surface area (Å²) in [5.74, 6) is 2.67. The van der Waals surface area contributed by atoms with Crippen LogP contribution in [0, 0.1) is 11.8 Å². The molecule has 0 saturated carbocycles. The minimum Gasteiger partial charge on any atom is -0.379 e. The molecule has 6 heteroatoms. The van der Waals surface area contributed by atoms with E-state index in [1.54, 1.807) is 0 Å². The van der Waals surface area contributed by atoms with Gasteiger partial charge in [-0.2, -0.15) is 0 Å². The molecule has 0 amide bonds. The monoisotopic (exact) mass is 427 g/mol. The van der Waals surface area contributed by atoms with E-state index < -0.39 is 0 Å². The quantitative estimate of drug-likeness (QED) is 0.558. The largest absolute Gasteiger partial charge is 0.379 e. The van der Waals surface area contributed by atoms with Crippen molar-refractivity contribution in [1.82, 2.24) is 15.1 Å². The molecular formula is C25H41N5O. The van der Waals surface area contributed by atoms with Crippen LogP contribution in [0.5, 0.6) is 0 Å². The molecule has 1 aromatic carbocycles. The van der Waals surface area contributed by atoms with Gasteiger partial charge in [0.15, 0.2) is 5.96 Å². The molecule has 1 unspecified atom stereocenters. The number of likely N-dealkylation sites (tertiary alicyclic amines) is 1. The van der Waals surface area contributed by atoms with Crippen molar-refractivity contribution in [3.8, 4) is 0 Å². The summed E-state index contributed by atoms with van der Waals surface area (Å²) >= 11 is 0. The molecule has 172 valence electrons. The maximum absolute atomic E-state index is 5.49. The molecule has 0 aromatic heterocycles. The Morgan fingerprint density at radius 1 is 1.03 bits per heavy atom. The summed E-state index contributed by atoms with van der Waals surface area (Å²) in [6.07, 6.45) is 3.87. The van der Waals surface area contributed by atoms with E-state index in [1.807, 2.05) is 0 Å². The first-order chi connectivity index (χ1) is 15.2. The average molecular weight is 428 g/mol. The van der Waals surface area contributed by atoms with Gasteiger partial charge in [-0.25, -0.2) is 4.99 Å². The topological polar surface area (TPSA) is 43.3 Å². The Morgan fingerprint density at radius 2 is 1.77 bits per heavy atom. The van der Waals surface area contributed by atoms with Gasteiger partial charge in [-0.05, 0) is 55.7 Å². The van der Waals surface area contributed by atoms with E-state index in [4.69, 9.17) is 9.73 Å². The van der Waals surface area contributed by atoms with Crippen LogP contribution in [0.25, 0.3) is 0 Å². The third-order valence-corrected chi connectivity index (χ3v) is 7.04. The van der Waals surface area contributed by atoms with E-state index in [2.05, 4.69) is 58.1 Å². The Bertz CT molecular complexity index is 692. The summed E-state index contributed by atoms with van der Waals surface area (Å²) in [7, 11) is 0. The molecule has 0 aliphatic carbocycles. The van der Waals surface area contributed by atoms with Gasteiger partial charge >= 0.3 is 0 Å². The number of aliphatic imine (C=N–C) groups is 1. The molecule has 31 heavy (non-hydrogen) atoms.